The summed E-state index contributed by atoms with van der Waals surface area (Å²) in [6, 6.07) is 0.380. The first kappa shape index (κ1) is 20.0. The standard InChI is InChI=1S/C17H33N3O2S2/c1-4-24(21)15-7-5-6-14(12-15)20-16(18-2)19-13-17(23-3)8-10-22-11-9-17/h14-15H,4-13H2,1-3H3,(H2,18,19,20). The number of aliphatic imine (C=N–C) groups is 1. The molecule has 2 fully saturated rings. The molecule has 24 heavy (non-hydrogen) atoms. The minimum absolute atomic E-state index is 0.245. The first-order valence-electron chi connectivity index (χ1n) is 9.09. The Hall–Kier alpha value is -0.270. The monoisotopic (exact) mass is 375 g/mol. The molecule has 7 heteroatoms. The van der Waals surface area contributed by atoms with Crippen molar-refractivity contribution < 1.29 is 8.95 Å². The van der Waals surface area contributed by atoms with Crippen LogP contribution in [0.4, 0.5) is 0 Å². The summed E-state index contributed by atoms with van der Waals surface area (Å²) in [7, 11) is 1.14. The van der Waals surface area contributed by atoms with Gasteiger partial charge in [0.2, 0.25) is 0 Å². The Morgan fingerprint density at radius 1 is 1.38 bits per heavy atom. The molecule has 3 unspecified atom stereocenters. The quantitative estimate of drug-likeness (QED) is 0.550. The molecular formula is C17H33N3O2S2. The molecule has 0 bridgehead atoms. The highest BCUT2D eigenvalue weighted by Gasteiger charge is 2.32. The maximum Gasteiger partial charge on any atom is 0.191 e. The first-order valence-corrected chi connectivity index (χ1v) is 11.7. The van der Waals surface area contributed by atoms with Crippen molar-refractivity contribution in [3.8, 4) is 0 Å². The topological polar surface area (TPSA) is 62.7 Å². The molecule has 0 radical (unpaired) electrons. The maximum atomic E-state index is 12.1. The normalized spacial score (nSPS) is 29.0. The molecule has 0 amide bonds. The van der Waals surface area contributed by atoms with E-state index in [2.05, 4.69) is 21.9 Å². The van der Waals surface area contributed by atoms with Crippen molar-refractivity contribution in [2.24, 2.45) is 4.99 Å². The van der Waals surface area contributed by atoms with E-state index in [0.29, 0.717) is 11.3 Å². The summed E-state index contributed by atoms with van der Waals surface area (Å²) in [5.41, 5.74) is 0. The molecule has 0 aromatic rings. The number of hydrogen-bond donors (Lipinski definition) is 2. The molecule has 1 heterocycles. The zero-order valence-electron chi connectivity index (χ0n) is 15.3. The van der Waals surface area contributed by atoms with Crippen molar-refractivity contribution in [1.29, 1.82) is 0 Å². The molecule has 1 saturated carbocycles. The predicted molar refractivity (Wildman–Crippen MR) is 106 cm³/mol. The summed E-state index contributed by atoms with van der Waals surface area (Å²) in [4.78, 5) is 4.40. The van der Waals surface area contributed by atoms with Gasteiger partial charge in [0.1, 0.15) is 0 Å². The van der Waals surface area contributed by atoms with E-state index in [4.69, 9.17) is 4.74 Å². The SMILES string of the molecule is CCS(=O)C1CCCC(NC(=NC)NCC2(SC)CCOCC2)C1. The Kier molecular flexibility index (Phi) is 8.37. The lowest BCUT2D eigenvalue weighted by Gasteiger charge is -2.37. The molecule has 5 nitrogen and oxygen atoms in total. The van der Waals surface area contributed by atoms with Gasteiger partial charge in [-0.05, 0) is 38.4 Å². The molecule has 1 aliphatic heterocycles. The molecule has 2 N–H and O–H groups in total. The molecule has 1 aliphatic carbocycles. The smallest absolute Gasteiger partial charge is 0.191 e. The van der Waals surface area contributed by atoms with E-state index in [0.717, 1.165) is 70.0 Å². The van der Waals surface area contributed by atoms with Crippen LogP contribution in [-0.2, 0) is 15.5 Å². The minimum Gasteiger partial charge on any atom is -0.381 e. The van der Waals surface area contributed by atoms with Crippen molar-refractivity contribution in [3.05, 3.63) is 0 Å². The van der Waals surface area contributed by atoms with Crippen LogP contribution in [0.25, 0.3) is 0 Å². The summed E-state index contributed by atoms with van der Waals surface area (Å²) in [5, 5.41) is 7.42. The van der Waals surface area contributed by atoms with Crippen LogP contribution < -0.4 is 10.6 Å². The van der Waals surface area contributed by atoms with Gasteiger partial charge >= 0.3 is 0 Å². The molecule has 140 valence electrons. The Labute approximate surface area is 153 Å². The second kappa shape index (κ2) is 10.0. The van der Waals surface area contributed by atoms with Gasteiger partial charge in [0.15, 0.2) is 5.96 Å². The van der Waals surface area contributed by atoms with Gasteiger partial charge in [-0.15, -0.1) is 0 Å². The first-order chi connectivity index (χ1) is 11.6. The molecule has 2 rings (SSSR count). The number of hydrogen-bond acceptors (Lipinski definition) is 4. The maximum absolute atomic E-state index is 12.1. The molecular weight excluding hydrogens is 342 g/mol. The molecule has 3 atom stereocenters. The molecule has 0 aromatic heterocycles. The summed E-state index contributed by atoms with van der Waals surface area (Å²) < 4.78 is 17.9. The van der Waals surface area contributed by atoms with E-state index in [1.54, 1.807) is 0 Å². The lowest BCUT2D eigenvalue weighted by atomic mass is 9.95. The minimum atomic E-state index is -0.684. The van der Waals surface area contributed by atoms with Gasteiger partial charge in [-0.3, -0.25) is 9.20 Å². The van der Waals surface area contributed by atoms with Crippen LogP contribution in [0.5, 0.6) is 0 Å². The third-order valence-corrected chi connectivity index (χ3v) is 8.42. The van der Waals surface area contributed by atoms with Gasteiger partial charge in [-0.2, -0.15) is 11.8 Å². The second-order valence-corrected chi connectivity index (χ2v) is 10.0. The van der Waals surface area contributed by atoms with Gasteiger partial charge in [0.25, 0.3) is 0 Å². The fraction of sp³-hybridized carbons (Fsp3) is 0.941. The lowest BCUT2D eigenvalue weighted by Crippen LogP contribution is -2.51. The largest absolute Gasteiger partial charge is 0.381 e. The van der Waals surface area contributed by atoms with E-state index in [1.165, 1.54) is 0 Å². The molecule has 2 aliphatic rings. The lowest BCUT2D eigenvalue weighted by molar-refractivity contribution is 0.0782. The number of rotatable bonds is 6. The summed E-state index contributed by atoms with van der Waals surface area (Å²) >= 11 is 1.93. The van der Waals surface area contributed by atoms with Crippen LogP contribution >= 0.6 is 11.8 Å². The van der Waals surface area contributed by atoms with Crippen LogP contribution in [0.15, 0.2) is 4.99 Å². The zero-order chi connectivity index (χ0) is 17.4. The fourth-order valence-corrected chi connectivity index (χ4v) is 5.72. The average Bonchev–Trinajstić information content (AvgIpc) is 2.65. The Morgan fingerprint density at radius 2 is 2.12 bits per heavy atom. The molecule has 0 spiro atoms. The number of thioether (sulfide) groups is 1. The third kappa shape index (κ3) is 5.63. The second-order valence-electron chi connectivity index (χ2n) is 6.72. The van der Waals surface area contributed by atoms with Crippen LogP contribution in [0.3, 0.4) is 0 Å². The van der Waals surface area contributed by atoms with E-state index in [9.17, 15) is 4.21 Å². The summed E-state index contributed by atoms with van der Waals surface area (Å²) in [5.74, 6) is 1.64. The highest BCUT2D eigenvalue weighted by atomic mass is 32.2. The van der Waals surface area contributed by atoms with Crippen molar-refractivity contribution in [2.75, 3.05) is 38.8 Å². The van der Waals surface area contributed by atoms with Crippen LogP contribution in [-0.4, -0.2) is 65.0 Å². The molecule has 0 aromatic carbocycles. The Balaban J connectivity index is 1.84. The van der Waals surface area contributed by atoms with E-state index >= 15 is 0 Å². The van der Waals surface area contributed by atoms with Gasteiger partial charge in [0.05, 0.1) is 0 Å². The van der Waals surface area contributed by atoms with E-state index in [-0.39, 0.29) is 4.75 Å². The third-order valence-electron chi connectivity index (χ3n) is 5.26. The number of nitrogens with zero attached hydrogens (tertiary/aromatic N) is 1. The summed E-state index contributed by atoms with van der Waals surface area (Å²) in [6.45, 7) is 4.63. The van der Waals surface area contributed by atoms with Crippen molar-refractivity contribution in [2.45, 2.75) is 61.5 Å². The number of guanidine groups is 1. The number of ether oxygens (including phenoxy) is 1. The zero-order valence-corrected chi connectivity index (χ0v) is 16.9. The van der Waals surface area contributed by atoms with Crippen molar-refractivity contribution in [1.82, 2.24) is 10.6 Å². The van der Waals surface area contributed by atoms with Gasteiger partial charge in [-0.25, -0.2) is 0 Å². The Bertz CT molecular complexity index is 440. The van der Waals surface area contributed by atoms with Gasteiger partial charge in [-0.1, -0.05) is 13.3 Å². The van der Waals surface area contributed by atoms with Crippen LogP contribution in [0.2, 0.25) is 0 Å². The van der Waals surface area contributed by atoms with Crippen LogP contribution in [0, 0.1) is 0 Å². The van der Waals surface area contributed by atoms with Crippen LogP contribution in [0.1, 0.15) is 45.4 Å². The van der Waals surface area contributed by atoms with Gasteiger partial charge in [0, 0.05) is 59.4 Å². The summed E-state index contributed by atoms with van der Waals surface area (Å²) in [6.07, 6.45) is 8.73. The average molecular weight is 376 g/mol. The van der Waals surface area contributed by atoms with Crippen molar-refractivity contribution in [3.63, 3.8) is 0 Å². The van der Waals surface area contributed by atoms with E-state index < -0.39 is 10.8 Å². The van der Waals surface area contributed by atoms with E-state index in [1.807, 2.05) is 25.7 Å². The predicted octanol–water partition coefficient (Wildman–Crippen LogP) is 2.14. The van der Waals surface area contributed by atoms with Gasteiger partial charge < -0.3 is 15.4 Å². The van der Waals surface area contributed by atoms with Crippen molar-refractivity contribution >= 4 is 28.5 Å². The fourth-order valence-electron chi connectivity index (χ4n) is 3.58. The highest BCUT2D eigenvalue weighted by Crippen LogP contribution is 2.33. The highest BCUT2D eigenvalue weighted by molar-refractivity contribution is 8.00. The number of nitrogens with one attached hydrogen (secondary N) is 2. The molecule has 1 saturated heterocycles. The Morgan fingerprint density at radius 3 is 2.75 bits per heavy atom.